The van der Waals surface area contributed by atoms with Gasteiger partial charge in [0.25, 0.3) is 0 Å². The van der Waals surface area contributed by atoms with Crippen molar-refractivity contribution in [2.75, 3.05) is 0 Å². The number of rotatable bonds is 3. The van der Waals surface area contributed by atoms with Crippen LogP contribution < -0.4 is 0 Å². The van der Waals surface area contributed by atoms with Gasteiger partial charge in [-0.3, -0.25) is 9.59 Å². The number of carbonyl (C=O) groups is 2. The van der Waals surface area contributed by atoms with Gasteiger partial charge < -0.3 is 0 Å². The van der Waals surface area contributed by atoms with E-state index in [1.165, 1.54) is 0 Å². The molecule has 0 aromatic rings. The van der Waals surface area contributed by atoms with Gasteiger partial charge in [-0.15, -0.1) is 6.58 Å². The average Bonchev–Trinajstić information content (AvgIpc) is 2.50. The summed E-state index contributed by atoms with van der Waals surface area (Å²) >= 11 is 0. The molecule has 0 heterocycles. The largest absolute Gasteiger partial charge is 0.294 e. The summed E-state index contributed by atoms with van der Waals surface area (Å²) in [6.07, 6.45) is 12.5. The Balaban J connectivity index is 1.94. The first-order chi connectivity index (χ1) is 9.74. The third kappa shape index (κ3) is 2.11. The molecule has 2 nitrogen and oxygen atoms in total. The van der Waals surface area contributed by atoms with Gasteiger partial charge in [-0.25, -0.2) is 0 Å². The molecule has 0 saturated carbocycles. The van der Waals surface area contributed by atoms with Crippen LogP contribution >= 0.6 is 0 Å². The lowest BCUT2D eigenvalue weighted by Crippen LogP contribution is -2.43. The van der Waals surface area contributed by atoms with Crippen LogP contribution in [0.15, 0.2) is 36.0 Å². The second-order valence-electron chi connectivity index (χ2n) is 6.22. The zero-order valence-electron chi connectivity index (χ0n) is 11.9. The van der Waals surface area contributed by atoms with Crippen LogP contribution in [0.3, 0.4) is 0 Å². The molecule has 106 valence electrons. The van der Waals surface area contributed by atoms with Gasteiger partial charge >= 0.3 is 0 Å². The quantitative estimate of drug-likeness (QED) is 0.731. The minimum atomic E-state index is -0.0932. The standard InChI is InChI=1S/C18H22O2/c1-2-3-7-12-8-6-11-15-16(12)18(20)14-10-5-4-9-13(14)17(15)19/h2,6,8,12,15-16H,1,3-5,7,9-11H2. The fraction of sp³-hybridized carbons (Fsp3) is 0.556. The van der Waals surface area contributed by atoms with E-state index in [4.69, 9.17) is 0 Å². The summed E-state index contributed by atoms with van der Waals surface area (Å²) in [6, 6.07) is 0. The molecular weight excluding hydrogens is 248 g/mol. The Hall–Kier alpha value is -1.44. The maximum absolute atomic E-state index is 12.8. The van der Waals surface area contributed by atoms with Crippen LogP contribution in [0, 0.1) is 17.8 Å². The summed E-state index contributed by atoms with van der Waals surface area (Å²) in [4.78, 5) is 25.5. The Labute approximate surface area is 120 Å². The second-order valence-corrected chi connectivity index (χ2v) is 6.22. The van der Waals surface area contributed by atoms with E-state index in [0.29, 0.717) is 0 Å². The van der Waals surface area contributed by atoms with Crippen LogP contribution in [-0.2, 0) is 9.59 Å². The second kappa shape index (κ2) is 5.51. The molecule has 2 heteroatoms. The molecule has 0 aromatic carbocycles. The lowest BCUT2D eigenvalue weighted by molar-refractivity contribution is -0.132. The van der Waals surface area contributed by atoms with E-state index >= 15 is 0 Å². The van der Waals surface area contributed by atoms with Crippen molar-refractivity contribution in [3.05, 3.63) is 36.0 Å². The maximum atomic E-state index is 12.8. The summed E-state index contributed by atoms with van der Waals surface area (Å²) < 4.78 is 0. The van der Waals surface area contributed by atoms with Crippen molar-refractivity contribution in [1.82, 2.24) is 0 Å². The number of hydrogen-bond acceptors (Lipinski definition) is 2. The van der Waals surface area contributed by atoms with Crippen molar-refractivity contribution < 1.29 is 9.59 Å². The predicted molar refractivity (Wildman–Crippen MR) is 79.2 cm³/mol. The fourth-order valence-electron chi connectivity index (χ4n) is 4.07. The smallest absolute Gasteiger partial charge is 0.163 e. The number of ketones is 2. The highest BCUT2D eigenvalue weighted by Gasteiger charge is 2.46. The minimum absolute atomic E-state index is 0.0841. The molecule has 0 bridgehead atoms. The van der Waals surface area contributed by atoms with Crippen molar-refractivity contribution in [2.45, 2.75) is 44.9 Å². The van der Waals surface area contributed by atoms with Crippen molar-refractivity contribution in [2.24, 2.45) is 17.8 Å². The van der Waals surface area contributed by atoms with Crippen LogP contribution in [0.4, 0.5) is 0 Å². The monoisotopic (exact) mass is 270 g/mol. The molecule has 0 fully saturated rings. The summed E-state index contributed by atoms with van der Waals surface area (Å²) in [5.74, 6) is 0.600. The van der Waals surface area contributed by atoms with Crippen LogP contribution in [0.5, 0.6) is 0 Å². The number of fused-ring (bicyclic) bond motifs is 1. The van der Waals surface area contributed by atoms with Crippen LogP contribution in [-0.4, -0.2) is 11.6 Å². The van der Waals surface area contributed by atoms with Gasteiger partial charge in [-0.05, 0) is 50.9 Å². The summed E-state index contributed by atoms with van der Waals surface area (Å²) in [7, 11) is 0. The van der Waals surface area contributed by atoms with Crippen molar-refractivity contribution >= 4 is 11.6 Å². The lowest BCUT2D eigenvalue weighted by atomic mass is 9.62. The number of allylic oxidation sites excluding steroid dienone is 5. The summed E-state index contributed by atoms with van der Waals surface area (Å²) in [6.45, 7) is 3.76. The Bertz CT molecular complexity index is 510. The van der Waals surface area contributed by atoms with E-state index in [1.54, 1.807) is 0 Å². The zero-order chi connectivity index (χ0) is 14.1. The van der Waals surface area contributed by atoms with Crippen LogP contribution in [0.25, 0.3) is 0 Å². The number of Topliss-reactive ketones (excluding diaryl/α,β-unsaturated/α-hetero) is 2. The first-order valence-corrected chi connectivity index (χ1v) is 7.82. The van der Waals surface area contributed by atoms with Gasteiger partial charge in [0.05, 0.1) is 0 Å². The molecule has 20 heavy (non-hydrogen) atoms. The van der Waals surface area contributed by atoms with Gasteiger partial charge in [-0.2, -0.15) is 0 Å². The van der Waals surface area contributed by atoms with E-state index in [0.717, 1.165) is 56.1 Å². The maximum Gasteiger partial charge on any atom is 0.163 e. The topological polar surface area (TPSA) is 34.1 Å². The third-order valence-corrected chi connectivity index (χ3v) is 5.07. The van der Waals surface area contributed by atoms with E-state index in [-0.39, 0.29) is 29.3 Å². The SMILES string of the molecule is C=CCCC1C=CCC2C(=O)C3=C(CCCC3)C(=O)C12. The van der Waals surface area contributed by atoms with Crippen molar-refractivity contribution in [3.63, 3.8) is 0 Å². The normalized spacial score (nSPS) is 32.9. The molecule has 3 rings (SSSR count). The van der Waals surface area contributed by atoms with Gasteiger partial charge in [0.15, 0.2) is 11.6 Å². The Morgan fingerprint density at radius 2 is 1.85 bits per heavy atom. The molecule has 0 aromatic heterocycles. The fourth-order valence-corrected chi connectivity index (χ4v) is 4.07. The van der Waals surface area contributed by atoms with E-state index in [1.807, 2.05) is 6.08 Å². The highest BCUT2D eigenvalue weighted by atomic mass is 16.1. The number of carbonyl (C=O) groups excluding carboxylic acids is 2. The molecule has 0 radical (unpaired) electrons. The van der Waals surface area contributed by atoms with Crippen molar-refractivity contribution in [3.8, 4) is 0 Å². The molecule has 3 aliphatic carbocycles. The third-order valence-electron chi connectivity index (χ3n) is 5.07. The predicted octanol–water partition coefficient (Wildman–Crippen LogP) is 3.78. The average molecular weight is 270 g/mol. The molecule has 3 atom stereocenters. The molecule has 0 saturated heterocycles. The van der Waals surface area contributed by atoms with Crippen LogP contribution in [0.2, 0.25) is 0 Å². The Kier molecular flexibility index (Phi) is 3.73. The van der Waals surface area contributed by atoms with Crippen molar-refractivity contribution in [1.29, 1.82) is 0 Å². The zero-order valence-corrected chi connectivity index (χ0v) is 11.9. The molecule has 3 unspecified atom stereocenters. The van der Waals surface area contributed by atoms with E-state index in [9.17, 15) is 9.59 Å². The van der Waals surface area contributed by atoms with Gasteiger partial charge in [0, 0.05) is 23.0 Å². The Morgan fingerprint density at radius 1 is 1.15 bits per heavy atom. The number of hydrogen-bond donors (Lipinski definition) is 0. The van der Waals surface area contributed by atoms with E-state index < -0.39 is 0 Å². The Morgan fingerprint density at radius 3 is 2.55 bits per heavy atom. The highest BCUT2D eigenvalue weighted by Crippen LogP contribution is 2.44. The van der Waals surface area contributed by atoms with Gasteiger partial charge in [0.1, 0.15) is 0 Å². The summed E-state index contributed by atoms with van der Waals surface area (Å²) in [5.41, 5.74) is 1.75. The molecule has 0 amide bonds. The van der Waals surface area contributed by atoms with Crippen LogP contribution in [0.1, 0.15) is 44.9 Å². The highest BCUT2D eigenvalue weighted by molar-refractivity contribution is 6.14. The minimum Gasteiger partial charge on any atom is -0.294 e. The molecule has 0 aliphatic heterocycles. The first-order valence-electron chi connectivity index (χ1n) is 7.82. The molecular formula is C18H22O2. The molecule has 0 spiro atoms. The van der Waals surface area contributed by atoms with Gasteiger partial charge in [-0.1, -0.05) is 18.2 Å². The van der Waals surface area contributed by atoms with E-state index in [2.05, 4.69) is 18.7 Å². The molecule has 0 N–H and O–H groups in total. The van der Waals surface area contributed by atoms with Gasteiger partial charge in [0.2, 0.25) is 0 Å². The summed E-state index contributed by atoms with van der Waals surface area (Å²) in [5, 5.41) is 0. The lowest BCUT2D eigenvalue weighted by Gasteiger charge is -2.39. The molecule has 3 aliphatic rings. The first kappa shape index (κ1) is 13.5.